The molecule has 6 heteroatoms. The van der Waals surface area contributed by atoms with Gasteiger partial charge in [-0.1, -0.05) is 11.6 Å². The van der Waals surface area contributed by atoms with Crippen LogP contribution in [0.3, 0.4) is 0 Å². The van der Waals surface area contributed by atoms with Crippen molar-refractivity contribution in [1.29, 1.82) is 0 Å². The van der Waals surface area contributed by atoms with Crippen molar-refractivity contribution >= 4 is 23.3 Å². The molecule has 1 amide bonds. The molecule has 2 aliphatic heterocycles. The van der Waals surface area contributed by atoms with E-state index in [9.17, 15) is 4.79 Å². The minimum Gasteiger partial charge on any atom is -0.355 e. The molecule has 0 aliphatic carbocycles. The van der Waals surface area contributed by atoms with Crippen LogP contribution in [0.1, 0.15) is 32.1 Å². The Hall–Kier alpha value is -1.36. The number of hydrogen-bond acceptors (Lipinski definition) is 4. The van der Waals surface area contributed by atoms with Crippen LogP contribution in [0, 0.1) is 5.92 Å². The van der Waals surface area contributed by atoms with Gasteiger partial charge in [-0.2, -0.15) is 0 Å². The van der Waals surface area contributed by atoms with Crippen molar-refractivity contribution in [3.63, 3.8) is 0 Å². The van der Waals surface area contributed by atoms with E-state index in [1.165, 1.54) is 6.42 Å². The predicted octanol–water partition coefficient (Wildman–Crippen LogP) is 2.36. The fourth-order valence-electron chi connectivity index (χ4n) is 3.21. The number of aromatic nitrogens is 2. The summed E-state index contributed by atoms with van der Waals surface area (Å²) in [5, 5.41) is 8.40. The van der Waals surface area contributed by atoms with Gasteiger partial charge in [0.15, 0.2) is 11.0 Å². The number of anilines is 1. The maximum atomic E-state index is 12.5. The molecule has 0 bridgehead atoms. The molecule has 3 rings (SSSR count). The summed E-state index contributed by atoms with van der Waals surface area (Å²) in [6.07, 6.45) is 5.38. The molecular weight excluding hydrogens is 288 g/mol. The topological polar surface area (TPSA) is 49.3 Å². The summed E-state index contributed by atoms with van der Waals surface area (Å²) < 4.78 is 0. The second kappa shape index (κ2) is 6.60. The second-order valence-corrected chi connectivity index (χ2v) is 6.25. The quantitative estimate of drug-likeness (QED) is 0.841. The average Bonchev–Trinajstić information content (AvgIpc) is 2.56. The fraction of sp³-hybridized carbons (Fsp3) is 0.667. The Balaban J connectivity index is 1.54. The minimum atomic E-state index is 0.180. The van der Waals surface area contributed by atoms with Crippen LogP contribution in [0.15, 0.2) is 12.1 Å². The molecule has 3 heterocycles. The predicted molar refractivity (Wildman–Crippen MR) is 82.4 cm³/mol. The van der Waals surface area contributed by atoms with E-state index in [0.29, 0.717) is 11.1 Å². The second-order valence-electron chi connectivity index (χ2n) is 5.86. The Labute approximate surface area is 130 Å². The van der Waals surface area contributed by atoms with E-state index >= 15 is 0 Å². The summed E-state index contributed by atoms with van der Waals surface area (Å²) in [6, 6.07) is 3.65. The van der Waals surface area contributed by atoms with Gasteiger partial charge in [0.2, 0.25) is 5.91 Å². The van der Waals surface area contributed by atoms with Crippen LogP contribution in [-0.4, -0.2) is 47.2 Å². The van der Waals surface area contributed by atoms with Crippen LogP contribution < -0.4 is 4.90 Å². The van der Waals surface area contributed by atoms with Crippen molar-refractivity contribution in [3.8, 4) is 0 Å². The lowest BCUT2D eigenvalue weighted by molar-refractivity contribution is -0.137. The summed E-state index contributed by atoms with van der Waals surface area (Å²) in [7, 11) is 0. The summed E-state index contributed by atoms with van der Waals surface area (Å²) >= 11 is 5.76. The number of nitrogens with zero attached hydrogens (tertiary/aromatic N) is 4. The van der Waals surface area contributed by atoms with Crippen molar-refractivity contribution in [2.75, 3.05) is 31.1 Å². The maximum Gasteiger partial charge on any atom is 0.225 e. The summed E-state index contributed by atoms with van der Waals surface area (Å²) in [5.41, 5.74) is 0. The van der Waals surface area contributed by atoms with Crippen LogP contribution in [-0.2, 0) is 4.79 Å². The van der Waals surface area contributed by atoms with Gasteiger partial charge < -0.3 is 9.80 Å². The Bertz CT molecular complexity index is 479. The van der Waals surface area contributed by atoms with Crippen LogP contribution in [0.4, 0.5) is 5.82 Å². The van der Waals surface area contributed by atoms with E-state index in [2.05, 4.69) is 20.0 Å². The maximum absolute atomic E-state index is 12.5. The Morgan fingerprint density at radius 3 is 2.38 bits per heavy atom. The molecule has 0 N–H and O–H groups in total. The normalized spacial score (nSPS) is 20.6. The monoisotopic (exact) mass is 308 g/mol. The molecule has 0 radical (unpaired) electrons. The molecule has 2 aliphatic rings. The molecule has 2 fully saturated rings. The molecule has 21 heavy (non-hydrogen) atoms. The van der Waals surface area contributed by atoms with E-state index in [4.69, 9.17) is 11.6 Å². The Morgan fingerprint density at radius 1 is 1.05 bits per heavy atom. The lowest BCUT2D eigenvalue weighted by Gasteiger charge is -2.35. The third kappa shape index (κ3) is 3.46. The fourth-order valence-corrected chi connectivity index (χ4v) is 3.31. The first-order chi connectivity index (χ1) is 10.2. The molecule has 5 nitrogen and oxygen atoms in total. The number of piperidine rings is 2. The molecule has 1 aromatic heterocycles. The molecule has 0 spiro atoms. The highest BCUT2D eigenvalue weighted by molar-refractivity contribution is 6.29. The van der Waals surface area contributed by atoms with Gasteiger partial charge in [0, 0.05) is 32.1 Å². The van der Waals surface area contributed by atoms with Gasteiger partial charge in [-0.15, -0.1) is 10.2 Å². The Kier molecular flexibility index (Phi) is 4.58. The average molecular weight is 309 g/mol. The Morgan fingerprint density at radius 2 is 1.76 bits per heavy atom. The van der Waals surface area contributed by atoms with Gasteiger partial charge in [0.05, 0.1) is 0 Å². The number of carbonyl (C=O) groups excluding carboxylic acids is 1. The van der Waals surface area contributed by atoms with Crippen molar-refractivity contribution in [2.45, 2.75) is 32.1 Å². The third-order valence-electron chi connectivity index (χ3n) is 4.45. The van der Waals surface area contributed by atoms with E-state index in [-0.39, 0.29) is 5.92 Å². The van der Waals surface area contributed by atoms with Gasteiger partial charge in [0.25, 0.3) is 0 Å². The SMILES string of the molecule is O=C(C1CCN(c2ccc(Cl)nn2)CC1)N1CCCCC1. The highest BCUT2D eigenvalue weighted by atomic mass is 35.5. The molecule has 2 saturated heterocycles. The van der Waals surface area contributed by atoms with Gasteiger partial charge in [-0.25, -0.2) is 0 Å². The van der Waals surface area contributed by atoms with E-state index in [1.54, 1.807) is 6.07 Å². The van der Waals surface area contributed by atoms with Crippen molar-refractivity contribution < 1.29 is 4.79 Å². The lowest BCUT2D eigenvalue weighted by Crippen LogP contribution is -2.44. The van der Waals surface area contributed by atoms with Crippen molar-refractivity contribution in [2.24, 2.45) is 5.92 Å². The molecule has 114 valence electrons. The van der Waals surface area contributed by atoms with Crippen LogP contribution >= 0.6 is 11.6 Å². The van der Waals surface area contributed by atoms with Crippen LogP contribution in [0.25, 0.3) is 0 Å². The van der Waals surface area contributed by atoms with Crippen molar-refractivity contribution in [3.05, 3.63) is 17.3 Å². The van der Waals surface area contributed by atoms with Crippen molar-refractivity contribution in [1.82, 2.24) is 15.1 Å². The molecule has 1 aromatic rings. The van der Waals surface area contributed by atoms with Gasteiger partial charge in [-0.3, -0.25) is 4.79 Å². The summed E-state index contributed by atoms with van der Waals surface area (Å²) in [4.78, 5) is 16.7. The smallest absolute Gasteiger partial charge is 0.225 e. The zero-order valence-corrected chi connectivity index (χ0v) is 12.9. The number of carbonyl (C=O) groups is 1. The number of hydrogen-bond donors (Lipinski definition) is 0. The molecule has 0 aromatic carbocycles. The summed E-state index contributed by atoms with van der Waals surface area (Å²) in [5.74, 6) is 1.39. The van der Waals surface area contributed by atoms with E-state index in [1.807, 2.05) is 6.07 Å². The zero-order chi connectivity index (χ0) is 14.7. The lowest BCUT2D eigenvalue weighted by atomic mass is 9.94. The number of likely N-dealkylation sites (tertiary alicyclic amines) is 1. The first-order valence-electron chi connectivity index (χ1n) is 7.77. The molecule has 0 atom stereocenters. The largest absolute Gasteiger partial charge is 0.355 e. The van der Waals surface area contributed by atoms with E-state index < -0.39 is 0 Å². The standard InChI is InChI=1S/C15H21ClN4O/c16-13-4-5-14(18-17-13)19-10-6-12(7-11-19)15(21)20-8-2-1-3-9-20/h4-5,12H,1-3,6-11H2. The van der Waals surface area contributed by atoms with E-state index in [0.717, 1.165) is 57.7 Å². The third-order valence-corrected chi connectivity index (χ3v) is 4.66. The number of amides is 1. The van der Waals surface area contributed by atoms with Crippen LogP contribution in [0.2, 0.25) is 5.15 Å². The molecular formula is C15H21ClN4O. The first-order valence-corrected chi connectivity index (χ1v) is 8.15. The molecule has 0 saturated carbocycles. The van der Waals surface area contributed by atoms with Gasteiger partial charge >= 0.3 is 0 Å². The van der Waals surface area contributed by atoms with Crippen LogP contribution in [0.5, 0.6) is 0 Å². The van der Waals surface area contributed by atoms with Gasteiger partial charge in [-0.05, 0) is 44.2 Å². The summed E-state index contributed by atoms with van der Waals surface area (Å²) in [6.45, 7) is 3.62. The first kappa shape index (κ1) is 14.6. The molecule has 0 unspecified atom stereocenters. The number of halogens is 1. The zero-order valence-electron chi connectivity index (χ0n) is 12.2. The highest BCUT2D eigenvalue weighted by Gasteiger charge is 2.29. The minimum absolute atomic E-state index is 0.180. The number of rotatable bonds is 2. The van der Waals surface area contributed by atoms with Gasteiger partial charge in [0.1, 0.15) is 0 Å². The highest BCUT2D eigenvalue weighted by Crippen LogP contribution is 2.24.